The number of carbonyl (C=O) groups is 2. The molecule has 20 heavy (non-hydrogen) atoms. The van der Waals surface area contributed by atoms with Crippen LogP contribution in [0.25, 0.3) is 5.76 Å². The average Bonchev–Trinajstić information content (AvgIpc) is 3.00. The summed E-state index contributed by atoms with van der Waals surface area (Å²) in [6.45, 7) is -0.446. The fraction of sp³-hybridized carbons (Fsp3) is 0.0667. The molecule has 5 heteroatoms. The second-order valence-electron chi connectivity index (χ2n) is 3.92. The lowest BCUT2D eigenvalue weighted by molar-refractivity contribution is -0.117. The van der Waals surface area contributed by atoms with E-state index in [0.717, 1.165) is 6.08 Å². The van der Waals surface area contributed by atoms with Gasteiger partial charge < -0.3 is 14.3 Å². The van der Waals surface area contributed by atoms with Gasteiger partial charge in [-0.05, 0) is 24.3 Å². The Morgan fingerprint density at radius 3 is 2.55 bits per heavy atom. The summed E-state index contributed by atoms with van der Waals surface area (Å²) >= 11 is 0. The molecule has 0 aliphatic carbocycles. The maximum atomic E-state index is 11.6. The first-order valence-electron chi connectivity index (χ1n) is 5.86. The molecule has 0 aliphatic rings. The SMILES string of the molecule is O=C(C=C(O)c1ccco1)COC(=O)c1ccccc1. The molecular formula is C15H12O5. The highest BCUT2D eigenvalue weighted by atomic mass is 16.5. The molecule has 0 fully saturated rings. The van der Waals surface area contributed by atoms with Crippen LogP contribution in [0.3, 0.4) is 0 Å². The Hall–Kier alpha value is -2.82. The summed E-state index contributed by atoms with van der Waals surface area (Å²) in [6.07, 6.45) is 2.33. The summed E-state index contributed by atoms with van der Waals surface area (Å²) in [5.74, 6) is -1.27. The molecule has 0 atom stereocenters. The zero-order chi connectivity index (χ0) is 14.4. The van der Waals surface area contributed by atoms with Gasteiger partial charge in [-0.1, -0.05) is 18.2 Å². The van der Waals surface area contributed by atoms with Crippen LogP contribution in [0.4, 0.5) is 0 Å². The van der Waals surface area contributed by atoms with Crippen LogP contribution >= 0.6 is 0 Å². The van der Waals surface area contributed by atoms with Crippen molar-refractivity contribution in [1.82, 2.24) is 0 Å². The van der Waals surface area contributed by atoms with Crippen LogP contribution in [-0.4, -0.2) is 23.5 Å². The number of benzene rings is 1. The zero-order valence-corrected chi connectivity index (χ0v) is 10.5. The van der Waals surface area contributed by atoms with Gasteiger partial charge in [-0.2, -0.15) is 0 Å². The minimum atomic E-state index is -0.593. The quantitative estimate of drug-likeness (QED) is 0.514. The van der Waals surface area contributed by atoms with E-state index < -0.39 is 18.4 Å². The van der Waals surface area contributed by atoms with Crippen molar-refractivity contribution in [3.63, 3.8) is 0 Å². The van der Waals surface area contributed by atoms with Crippen LogP contribution in [0, 0.1) is 0 Å². The third kappa shape index (κ3) is 3.58. The van der Waals surface area contributed by atoms with E-state index in [1.54, 1.807) is 36.4 Å². The van der Waals surface area contributed by atoms with Crippen molar-refractivity contribution in [2.75, 3.05) is 6.61 Å². The molecule has 0 unspecified atom stereocenters. The van der Waals surface area contributed by atoms with Crippen molar-refractivity contribution in [2.24, 2.45) is 0 Å². The lowest BCUT2D eigenvalue weighted by atomic mass is 10.2. The molecule has 0 amide bonds. The van der Waals surface area contributed by atoms with E-state index in [1.807, 2.05) is 0 Å². The second-order valence-corrected chi connectivity index (χ2v) is 3.92. The van der Waals surface area contributed by atoms with Gasteiger partial charge in [0.2, 0.25) is 0 Å². The lowest BCUT2D eigenvalue weighted by Gasteiger charge is -2.02. The molecule has 0 saturated carbocycles. The Bertz CT molecular complexity index is 611. The smallest absolute Gasteiger partial charge is 0.338 e. The summed E-state index contributed by atoms with van der Waals surface area (Å²) in [7, 11) is 0. The zero-order valence-electron chi connectivity index (χ0n) is 10.5. The molecule has 102 valence electrons. The van der Waals surface area contributed by atoms with Gasteiger partial charge in [0.25, 0.3) is 0 Å². The highest BCUT2D eigenvalue weighted by Crippen LogP contribution is 2.11. The maximum Gasteiger partial charge on any atom is 0.338 e. The third-order valence-electron chi connectivity index (χ3n) is 2.43. The Labute approximate surface area is 115 Å². The number of aliphatic hydroxyl groups excluding tert-OH is 1. The average molecular weight is 272 g/mol. The first-order chi connectivity index (χ1) is 9.66. The third-order valence-corrected chi connectivity index (χ3v) is 2.43. The number of rotatable bonds is 5. The number of esters is 1. The number of carbonyl (C=O) groups excluding carboxylic acids is 2. The Morgan fingerprint density at radius 1 is 1.15 bits per heavy atom. The summed E-state index contributed by atoms with van der Waals surface area (Å²) in [4.78, 5) is 23.1. The summed E-state index contributed by atoms with van der Waals surface area (Å²) in [5.41, 5.74) is 0.361. The van der Waals surface area contributed by atoms with E-state index >= 15 is 0 Å². The van der Waals surface area contributed by atoms with Crippen molar-refractivity contribution < 1.29 is 23.8 Å². The molecule has 1 aromatic carbocycles. The molecule has 0 saturated heterocycles. The number of ketones is 1. The van der Waals surface area contributed by atoms with Crippen molar-refractivity contribution in [3.8, 4) is 0 Å². The Kier molecular flexibility index (Phi) is 4.34. The second kappa shape index (κ2) is 6.38. The molecule has 1 heterocycles. The van der Waals surface area contributed by atoms with Gasteiger partial charge in [0.15, 0.2) is 23.9 Å². The van der Waals surface area contributed by atoms with Crippen LogP contribution in [0.15, 0.2) is 59.2 Å². The molecule has 0 bridgehead atoms. The van der Waals surface area contributed by atoms with E-state index in [1.165, 1.54) is 12.3 Å². The maximum absolute atomic E-state index is 11.6. The van der Waals surface area contributed by atoms with Crippen LogP contribution in [-0.2, 0) is 9.53 Å². The minimum Gasteiger partial charge on any atom is -0.504 e. The van der Waals surface area contributed by atoms with Crippen LogP contribution in [0.1, 0.15) is 16.1 Å². The van der Waals surface area contributed by atoms with Crippen LogP contribution < -0.4 is 0 Å². The molecule has 2 rings (SSSR count). The van der Waals surface area contributed by atoms with Gasteiger partial charge in [-0.15, -0.1) is 0 Å². The van der Waals surface area contributed by atoms with Crippen molar-refractivity contribution in [2.45, 2.75) is 0 Å². The van der Waals surface area contributed by atoms with Crippen LogP contribution in [0.2, 0.25) is 0 Å². The van der Waals surface area contributed by atoms with E-state index in [-0.39, 0.29) is 11.5 Å². The molecule has 5 nitrogen and oxygen atoms in total. The number of ether oxygens (including phenoxy) is 1. The number of hydrogen-bond donors (Lipinski definition) is 1. The standard InChI is InChI=1S/C15H12O5/c16-12(9-13(17)14-7-4-8-19-14)10-20-15(18)11-5-2-1-3-6-11/h1-9,17H,10H2. The lowest BCUT2D eigenvalue weighted by Crippen LogP contribution is -2.12. The molecule has 1 N–H and O–H groups in total. The molecule has 0 radical (unpaired) electrons. The molecular weight excluding hydrogens is 260 g/mol. The first-order valence-corrected chi connectivity index (χ1v) is 5.86. The number of furan rings is 1. The van der Waals surface area contributed by atoms with Crippen molar-refractivity contribution in [3.05, 3.63) is 66.1 Å². The normalized spacial score (nSPS) is 11.1. The topological polar surface area (TPSA) is 76.7 Å². The predicted molar refractivity (Wildman–Crippen MR) is 71.0 cm³/mol. The van der Waals surface area contributed by atoms with E-state index in [2.05, 4.69) is 0 Å². The molecule has 0 aliphatic heterocycles. The number of hydrogen-bond acceptors (Lipinski definition) is 5. The summed E-state index contributed by atoms with van der Waals surface area (Å²) in [5, 5.41) is 9.57. The number of aliphatic hydroxyl groups is 1. The largest absolute Gasteiger partial charge is 0.504 e. The fourth-order valence-electron chi connectivity index (χ4n) is 1.48. The van der Waals surface area contributed by atoms with Gasteiger partial charge >= 0.3 is 5.97 Å². The summed E-state index contributed by atoms with van der Waals surface area (Å²) < 4.78 is 9.75. The fourth-order valence-corrected chi connectivity index (χ4v) is 1.48. The first kappa shape index (κ1) is 13.6. The molecule has 0 spiro atoms. The minimum absolute atomic E-state index is 0.174. The highest BCUT2D eigenvalue weighted by Gasteiger charge is 2.10. The summed E-state index contributed by atoms with van der Waals surface area (Å²) in [6, 6.07) is 11.4. The molecule has 2 aromatic rings. The van der Waals surface area contributed by atoms with E-state index in [9.17, 15) is 14.7 Å². The van der Waals surface area contributed by atoms with Gasteiger partial charge in [0.1, 0.15) is 0 Å². The van der Waals surface area contributed by atoms with Gasteiger partial charge in [-0.3, -0.25) is 4.79 Å². The van der Waals surface area contributed by atoms with Gasteiger partial charge in [-0.25, -0.2) is 4.79 Å². The van der Waals surface area contributed by atoms with Crippen LogP contribution in [0.5, 0.6) is 0 Å². The molecule has 1 aromatic heterocycles. The predicted octanol–water partition coefficient (Wildman–Crippen LogP) is 2.60. The van der Waals surface area contributed by atoms with Crippen molar-refractivity contribution >= 4 is 17.5 Å². The van der Waals surface area contributed by atoms with E-state index in [0.29, 0.717) is 5.56 Å². The Morgan fingerprint density at radius 2 is 1.90 bits per heavy atom. The monoisotopic (exact) mass is 272 g/mol. The van der Waals surface area contributed by atoms with Gasteiger partial charge in [0, 0.05) is 6.08 Å². The Balaban J connectivity index is 1.90. The van der Waals surface area contributed by atoms with Gasteiger partial charge in [0.05, 0.1) is 11.8 Å². The van der Waals surface area contributed by atoms with Crippen molar-refractivity contribution in [1.29, 1.82) is 0 Å². The highest BCUT2D eigenvalue weighted by molar-refractivity contribution is 5.98. The van der Waals surface area contributed by atoms with E-state index in [4.69, 9.17) is 9.15 Å².